The van der Waals surface area contributed by atoms with E-state index in [1.54, 1.807) is 36.4 Å². The number of hydrogen-bond donors (Lipinski definition) is 0. The first-order valence-corrected chi connectivity index (χ1v) is 7.56. The molecule has 2 amide bonds. The third kappa shape index (κ3) is 4.63. The monoisotopic (exact) mass is 328 g/mol. The molecule has 4 nitrogen and oxygen atoms in total. The van der Waals surface area contributed by atoms with E-state index in [-0.39, 0.29) is 11.8 Å². The lowest BCUT2D eigenvalue weighted by Gasteiger charge is -2.12. The Balaban J connectivity index is 0.000000181. The highest BCUT2D eigenvalue weighted by Crippen LogP contribution is 2.17. The second-order valence-electron chi connectivity index (χ2n) is 4.98. The maximum Gasteiger partial charge on any atom is 0.258 e. The molecule has 122 valence electrons. The van der Waals surface area contributed by atoms with Gasteiger partial charge in [0.1, 0.15) is 0 Å². The van der Waals surface area contributed by atoms with Gasteiger partial charge in [-0.2, -0.15) is 5.26 Å². The van der Waals surface area contributed by atoms with E-state index in [1.807, 2.05) is 36.4 Å². The number of benzene rings is 2. The summed E-state index contributed by atoms with van der Waals surface area (Å²) in [6, 6.07) is 18.6. The molecule has 3 rings (SSSR count). The number of amides is 2. The summed E-state index contributed by atoms with van der Waals surface area (Å²) in [5.41, 5.74) is 2.68. The van der Waals surface area contributed by atoms with E-state index in [9.17, 15) is 9.59 Å². The smallest absolute Gasteiger partial charge is 0.258 e. The fourth-order valence-electron chi connectivity index (χ4n) is 2.21. The molecule has 4 heteroatoms. The van der Waals surface area contributed by atoms with Crippen molar-refractivity contribution in [3.63, 3.8) is 0 Å². The molecule has 0 radical (unpaired) electrons. The fraction of sp³-hybridized carbons (Fsp3) is 0. The Morgan fingerprint density at radius 2 is 1.44 bits per heavy atom. The minimum absolute atomic E-state index is 0.281. The average Bonchev–Trinajstić information content (AvgIpc) is 3.00. The summed E-state index contributed by atoms with van der Waals surface area (Å²) in [5, 5.41) is 8.33. The first kappa shape index (κ1) is 17.6. The van der Waals surface area contributed by atoms with Crippen LogP contribution in [0.5, 0.6) is 0 Å². The number of nitrogens with zero attached hydrogens (tertiary/aromatic N) is 2. The van der Waals surface area contributed by atoms with Crippen LogP contribution in [0.1, 0.15) is 11.1 Å². The van der Waals surface area contributed by atoms with Gasteiger partial charge in [-0.05, 0) is 29.3 Å². The lowest BCUT2D eigenvalue weighted by Crippen LogP contribution is -2.29. The van der Waals surface area contributed by atoms with Gasteiger partial charge in [-0.15, -0.1) is 0 Å². The highest BCUT2D eigenvalue weighted by Gasteiger charge is 2.24. The van der Waals surface area contributed by atoms with Gasteiger partial charge in [-0.1, -0.05) is 55.1 Å². The van der Waals surface area contributed by atoms with E-state index in [1.165, 1.54) is 18.2 Å². The number of allylic oxidation sites excluding steroid dienone is 1. The van der Waals surface area contributed by atoms with Gasteiger partial charge in [0, 0.05) is 18.2 Å². The van der Waals surface area contributed by atoms with Crippen LogP contribution in [0.15, 0.2) is 79.4 Å². The van der Waals surface area contributed by atoms with Crippen molar-refractivity contribution in [3.8, 4) is 6.07 Å². The van der Waals surface area contributed by atoms with Crippen molar-refractivity contribution in [1.82, 2.24) is 0 Å². The Labute approximate surface area is 146 Å². The Bertz CT molecular complexity index is 856. The number of hydrogen-bond acceptors (Lipinski definition) is 3. The van der Waals surface area contributed by atoms with Crippen LogP contribution in [-0.4, -0.2) is 11.8 Å². The van der Waals surface area contributed by atoms with Crippen molar-refractivity contribution < 1.29 is 9.59 Å². The van der Waals surface area contributed by atoms with Crippen LogP contribution in [0.3, 0.4) is 0 Å². The second kappa shape index (κ2) is 8.80. The topological polar surface area (TPSA) is 61.2 Å². The van der Waals surface area contributed by atoms with E-state index in [2.05, 4.69) is 6.58 Å². The molecule has 1 aliphatic rings. The minimum atomic E-state index is -0.281. The molecule has 0 atom stereocenters. The summed E-state index contributed by atoms with van der Waals surface area (Å²) < 4.78 is 0. The first-order chi connectivity index (χ1) is 12.2. The van der Waals surface area contributed by atoms with Gasteiger partial charge in [0.25, 0.3) is 11.8 Å². The number of anilines is 1. The molecule has 0 saturated carbocycles. The van der Waals surface area contributed by atoms with Crippen LogP contribution in [0, 0.1) is 11.3 Å². The molecule has 0 aromatic heterocycles. The van der Waals surface area contributed by atoms with Gasteiger partial charge in [-0.25, -0.2) is 4.90 Å². The summed E-state index contributed by atoms with van der Waals surface area (Å²) in [5.74, 6) is -0.563. The highest BCUT2D eigenvalue weighted by molar-refractivity contribution is 6.28. The highest BCUT2D eigenvalue weighted by atomic mass is 16.2. The van der Waals surface area contributed by atoms with E-state index in [0.717, 1.165) is 16.0 Å². The molecule has 0 unspecified atom stereocenters. The van der Waals surface area contributed by atoms with Crippen LogP contribution < -0.4 is 4.90 Å². The standard InChI is InChI=1S/C11H9N.C10H7NO2/c1-2-10-6-3-4-7-11(10)8-5-9-12;12-9-6-7-10(13)11(9)8-4-2-1-3-5-8/h2-8H,1H2;1-7H. The van der Waals surface area contributed by atoms with E-state index in [4.69, 9.17) is 5.26 Å². The lowest BCUT2D eigenvalue weighted by molar-refractivity contribution is -0.119. The zero-order valence-corrected chi connectivity index (χ0v) is 13.5. The molecule has 0 fully saturated rings. The predicted octanol–water partition coefficient (Wildman–Crippen LogP) is 3.98. The summed E-state index contributed by atoms with van der Waals surface area (Å²) in [7, 11) is 0. The maximum absolute atomic E-state index is 11.2. The average molecular weight is 328 g/mol. The number of carbonyl (C=O) groups is 2. The van der Waals surface area contributed by atoms with Gasteiger partial charge < -0.3 is 0 Å². The Morgan fingerprint density at radius 3 is 2.00 bits per heavy atom. The third-order valence-corrected chi connectivity index (χ3v) is 3.38. The van der Waals surface area contributed by atoms with E-state index < -0.39 is 0 Å². The van der Waals surface area contributed by atoms with Gasteiger partial charge in [0.2, 0.25) is 0 Å². The summed E-state index contributed by atoms with van der Waals surface area (Å²) >= 11 is 0. The molecule has 0 spiro atoms. The van der Waals surface area contributed by atoms with Crippen molar-refractivity contribution in [2.75, 3.05) is 4.90 Å². The third-order valence-electron chi connectivity index (χ3n) is 3.38. The number of nitriles is 1. The largest absolute Gasteiger partial charge is 0.269 e. The van der Waals surface area contributed by atoms with Gasteiger partial charge in [0.15, 0.2) is 0 Å². The Kier molecular flexibility index (Phi) is 6.21. The SMILES string of the molecule is C=Cc1ccccc1C=CC#N.O=C1C=CC(=O)N1c1ccccc1. The summed E-state index contributed by atoms with van der Waals surface area (Å²) in [6.45, 7) is 3.68. The van der Waals surface area contributed by atoms with Gasteiger partial charge >= 0.3 is 0 Å². The van der Waals surface area contributed by atoms with Crippen LogP contribution >= 0.6 is 0 Å². The van der Waals surface area contributed by atoms with Crippen LogP contribution in [0.4, 0.5) is 5.69 Å². The number of imide groups is 1. The molecule has 2 aromatic rings. The Hall–Kier alpha value is -3.71. The molecule has 0 saturated heterocycles. The zero-order chi connectivity index (χ0) is 18.1. The van der Waals surface area contributed by atoms with Crippen LogP contribution in [-0.2, 0) is 9.59 Å². The normalized spacial score (nSPS) is 12.7. The molecule has 1 aliphatic heterocycles. The fourth-order valence-corrected chi connectivity index (χ4v) is 2.21. The van der Waals surface area contributed by atoms with Crippen LogP contribution in [0.25, 0.3) is 12.2 Å². The molecular formula is C21H16N2O2. The summed E-state index contributed by atoms with van der Waals surface area (Å²) in [4.78, 5) is 23.5. The summed E-state index contributed by atoms with van der Waals surface area (Å²) in [6.07, 6.45) is 7.56. The zero-order valence-electron chi connectivity index (χ0n) is 13.5. The molecular weight excluding hydrogens is 312 g/mol. The number of carbonyl (C=O) groups excluding carboxylic acids is 2. The molecule has 0 aliphatic carbocycles. The van der Waals surface area contributed by atoms with Crippen molar-refractivity contribution in [2.24, 2.45) is 0 Å². The minimum Gasteiger partial charge on any atom is -0.269 e. The van der Waals surface area contributed by atoms with Crippen LogP contribution in [0.2, 0.25) is 0 Å². The Morgan fingerprint density at radius 1 is 0.880 bits per heavy atom. The van der Waals surface area contributed by atoms with Crippen molar-refractivity contribution in [3.05, 3.63) is 90.5 Å². The molecule has 25 heavy (non-hydrogen) atoms. The molecule has 2 aromatic carbocycles. The maximum atomic E-state index is 11.2. The molecule has 0 bridgehead atoms. The van der Waals surface area contributed by atoms with E-state index >= 15 is 0 Å². The molecule has 1 heterocycles. The molecule has 0 N–H and O–H groups in total. The van der Waals surface area contributed by atoms with Gasteiger partial charge in [-0.3, -0.25) is 9.59 Å². The van der Waals surface area contributed by atoms with E-state index in [0.29, 0.717) is 5.69 Å². The van der Waals surface area contributed by atoms with Crippen molar-refractivity contribution >= 4 is 29.7 Å². The second-order valence-corrected chi connectivity index (χ2v) is 4.98. The predicted molar refractivity (Wildman–Crippen MR) is 99.3 cm³/mol. The van der Waals surface area contributed by atoms with Crippen molar-refractivity contribution in [1.29, 1.82) is 5.26 Å². The lowest BCUT2D eigenvalue weighted by atomic mass is 10.1. The number of para-hydroxylation sites is 1. The first-order valence-electron chi connectivity index (χ1n) is 7.56. The van der Waals surface area contributed by atoms with Crippen molar-refractivity contribution in [2.45, 2.75) is 0 Å². The quantitative estimate of drug-likeness (QED) is 0.632. The van der Waals surface area contributed by atoms with Gasteiger partial charge in [0.05, 0.1) is 11.8 Å². The number of rotatable bonds is 3.